The number of pyridine rings is 1. The fourth-order valence-corrected chi connectivity index (χ4v) is 1.14. The number of aliphatic carboxylic acids is 1. The number of nitrogens with zero attached hydrogens (tertiary/aromatic N) is 1. The molecule has 1 heterocycles. The van der Waals surface area contributed by atoms with Crippen LogP contribution in [0, 0.1) is 6.92 Å². The molecule has 0 saturated heterocycles. The molecule has 0 spiro atoms. The van der Waals surface area contributed by atoms with Crippen LogP contribution in [0.5, 0.6) is 0 Å². The van der Waals surface area contributed by atoms with Crippen molar-refractivity contribution < 1.29 is 14.7 Å². The van der Waals surface area contributed by atoms with Crippen LogP contribution < -0.4 is 5.32 Å². The molecule has 0 aromatic carbocycles. The van der Waals surface area contributed by atoms with Crippen molar-refractivity contribution in [1.82, 2.24) is 10.3 Å². The molecule has 1 unspecified atom stereocenters. The van der Waals surface area contributed by atoms with Crippen molar-refractivity contribution in [3.63, 3.8) is 0 Å². The fraction of sp³-hybridized carbons (Fsp3) is 0.300. The molecule has 1 aromatic heterocycles. The SMILES string of the molecule is CC(=O)NC(C(=O)O)c1ccc(C)nc1. The van der Waals surface area contributed by atoms with Gasteiger partial charge in [-0.25, -0.2) is 4.79 Å². The van der Waals surface area contributed by atoms with Crippen molar-refractivity contribution in [2.24, 2.45) is 0 Å². The fourth-order valence-electron chi connectivity index (χ4n) is 1.14. The Hall–Kier alpha value is -1.91. The number of hydrogen-bond acceptors (Lipinski definition) is 3. The highest BCUT2D eigenvalue weighted by Crippen LogP contribution is 2.12. The zero-order chi connectivity index (χ0) is 11.4. The number of carboxylic acid groups (broad SMARTS) is 1. The lowest BCUT2D eigenvalue weighted by atomic mass is 10.1. The monoisotopic (exact) mass is 208 g/mol. The zero-order valence-corrected chi connectivity index (χ0v) is 8.52. The van der Waals surface area contributed by atoms with Gasteiger partial charge in [0.05, 0.1) is 0 Å². The van der Waals surface area contributed by atoms with Gasteiger partial charge in [0.25, 0.3) is 0 Å². The van der Waals surface area contributed by atoms with E-state index in [-0.39, 0.29) is 5.91 Å². The van der Waals surface area contributed by atoms with Gasteiger partial charge in [0.2, 0.25) is 5.91 Å². The van der Waals surface area contributed by atoms with E-state index in [1.807, 2.05) is 0 Å². The highest BCUT2D eigenvalue weighted by atomic mass is 16.4. The summed E-state index contributed by atoms with van der Waals surface area (Å²) in [7, 11) is 0. The van der Waals surface area contributed by atoms with E-state index in [1.54, 1.807) is 19.1 Å². The maximum atomic E-state index is 10.9. The number of carboxylic acids is 1. The first-order valence-corrected chi connectivity index (χ1v) is 4.43. The lowest BCUT2D eigenvalue weighted by molar-refractivity contribution is -0.141. The van der Waals surface area contributed by atoms with Gasteiger partial charge >= 0.3 is 5.97 Å². The van der Waals surface area contributed by atoms with Gasteiger partial charge in [0.1, 0.15) is 0 Å². The molecule has 0 aliphatic carbocycles. The van der Waals surface area contributed by atoms with Crippen LogP contribution in [0.2, 0.25) is 0 Å². The number of nitrogens with one attached hydrogen (secondary N) is 1. The molecule has 0 bridgehead atoms. The van der Waals surface area contributed by atoms with Crippen LogP contribution in [-0.4, -0.2) is 22.0 Å². The minimum Gasteiger partial charge on any atom is -0.479 e. The molecule has 1 rings (SSSR count). The Morgan fingerprint density at radius 1 is 1.47 bits per heavy atom. The summed E-state index contributed by atoms with van der Waals surface area (Å²) in [5.74, 6) is -1.49. The van der Waals surface area contributed by atoms with E-state index < -0.39 is 12.0 Å². The molecule has 2 N–H and O–H groups in total. The highest BCUT2D eigenvalue weighted by molar-refractivity contribution is 5.83. The number of carbonyl (C=O) groups is 2. The quantitative estimate of drug-likeness (QED) is 0.764. The van der Waals surface area contributed by atoms with E-state index >= 15 is 0 Å². The Kier molecular flexibility index (Phi) is 3.38. The third kappa shape index (κ3) is 3.05. The van der Waals surface area contributed by atoms with Crippen LogP contribution in [0.3, 0.4) is 0 Å². The van der Waals surface area contributed by atoms with Crippen LogP contribution in [0.15, 0.2) is 18.3 Å². The van der Waals surface area contributed by atoms with E-state index in [2.05, 4.69) is 10.3 Å². The molecular weight excluding hydrogens is 196 g/mol. The molecule has 5 nitrogen and oxygen atoms in total. The van der Waals surface area contributed by atoms with Crippen molar-refractivity contribution >= 4 is 11.9 Å². The lowest BCUT2D eigenvalue weighted by Gasteiger charge is -2.12. The second kappa shape index (κ2) is 4.54. The molecule has 0 radical (unpaired) electrons. The van der Waals surface area contributed by atoms with Crippen LogP contribution in [0.4, 0.5) is 0 Å². The Balaban J connectivity index is 2.94. The van der Waals surface area contributed by atoms with Gasteiger partial charge in [-0.1, -0.05) is 6.07 Å². The summed E-state index contributed by atoms with van der Waals surface area (Å²) in [5, 5.41) is 11.2. The smallest absolute Gasteiger partial charge is 0.330 e. The maximum absolute atomic E-state index is 10.9. The number of hydrogen-bond donors (Lipinski definition) is 2. The van der Waals surface area contributed by atoms with Gasteiger partial charge in [-0.3, -0.25) is 9.78 Å². The van der Waals surface area contributed by atoms with Crippen LogP contribution in [0.1, 0.15) is 24.2 Å². The third-order valence-electron chi connectivity index (χ3n) is 1.86. The third-order valence-corrected chi connectivity index (χ3v) is 1.86. The second-order valence-corrected chi connectivity index (χ2v) is 3.20. The summed E-state index contributed by atoms with van der Waals surface area (Å²) >= 11 is 0. The average molecular weight is 208 g/mol. The molecule has 1 atom stereocenters. The van der Waals surface area contributed by atoms with Gasteiger partial charge < -0.3 is 10.4 Å². The summed E-state index contributed by atoms with van der Waals surface area (Å²) < 4.78 is 0. The topological polar surface area (TPSA) is 79.3 Å². The number of aryl methyl sites for hydroxylation is 1. The Morgan fingerprint density at radius 2 is 2.13 bits per heavy atom. The molecule has 15 heavy (non-hydrogen) atoms. The van der Waals surface area contributed by atoms with Gasteiger partial charge in [-0.05, 0) is 13.0 Å². The van der Waals surface area contributed by atoms with Gasteiger partial charge in [0, 0.05) is 24.4 Å². The maximum Gasteiger partial charge on any atom is 0.330 e. The molecule has 0 fully saturated rings. The molecule has 0 saturated carbocycles. The number of rotatable bonds is 3. The van der Waals surface area contributed by atoms with Crippen molar-refractivity contribution in [2.75, 3.05) is 0 Å². The molecule has 1 aromatic rings. The minimum absolute atomic E-state index is 0.386. The zero-order valence-electron chi connectivity index (χ0n) is 8.52. The van der Waals surface area contributed by atoms with E-state index in [1.165, 1.54) is 13.1 Å². The Labute approximate surface area is 87.1 Å². The predicted octanol–water partition coefficient (Wildman–Crippen LogP) is 0.652. The molecule has 0 aliphatic heterocycles. The number of carbonyl (C=O) groups excluding carboxylic acids is 1. The van der Waals surface area contributed by atoms with E-state index in [4.69, 9.17) is 5.11 Å². The summed E-state index contributed by atoms with van der Waals surface area (Å²) in [5.41, 5.74) is 1.26. The minimum atomic E-state index is -1.10. The number of aromatic nitrogens is 1. The lowest BCUT2D eigenvalue weighted by Crippen LogP contribution is -2.32. The van der Waals surface area contributed by atoms with Gasteiger partial charge in [-0.15, -0.1) is 0 Å². The summed E-state index contributed by atoms with van der Waals surface area (Å²) in [4.78, 5) is 25.7. The standard InChI is InChI=1S/C10H12N2O3/c1-6-3-4-8(5-11-6)9(10(14)15)12-7(2)13/h3-5,9H,1-2H3,(H,12,13)(H,14,15). The molecule has 0 aliphatic rings. The van der Waals surface area contributed by atoms with Crippen LogP contribution in [-0.2, 0) is 9.59 Å². The van der Waals surface area contributed by atoms with Crippen molar-refractivity contribution in [3.8, 4) is 0 Å². The number of amides is 1. The van der Waals surface area contributed by atoms with Crippen molar-refractivity contribution in [3.05, 3.63) is 29.6 Å². The summed E-state index contributed by atoms with van der Waals surface area (Å²) in [6, 6.07) is 2.31. The molecule has 80 valence electrons. The molecule has 5 heteroatoms. The first kappa shape index (κ1) is 11.2. The first-order chi connectivity index (χ1) is 7.00. The largest absolute Gasteiger partial charge is 0.479 e. The van der Waals surface area contributed by atoms with Crippen LogP contribution >= 0.6 is 0 Å². The molecule has 1 amide bonds. The van der Waals surface area contributed by atoms with Gasteiger partial charge in [-0.2, -0.15) is 0 Å². The van der Waals surface area contributed by atoms with Crippen molar-refractivity contribution in [1.29, 1.82) is 0 Å². The summed E-state index contributed by atoms with van der Waals surface area (Å²) in [6.45, 7) is 3.08. The average Bonchev–Trinajstić information content (AvgIpc) is 2.15. The Bertz CT molecular complexity index is 373. The van der Waals surface area contributed by atoms with E-state index in [9.17, 15) is 9.59 Å². The predicted molar refractivity (Wildman–Crippen MR) is 53.2 cm³/mol. The van der Waals surface area contributed by atoms with E-state index in [0.717, 1.165) is 5.69 Å². The van der Waals surface area contributed by atoms with Gasteiger partial charge in [0.15, 0.2) is 6.04 Å². The summed E-state index contributed by atoms with van der Waals surface area (Å²) in [6.07, 6.45) is 1.45. The second-order valence-electron chi connectivity index (χ2n) is 3.20. The highest BCUT2D eigenvalue weighted by Gasteiger charge is 2.20. The van der Waals surface area contributed by atoms with Crippen LogP contribution in [0.25, 0.3) is 0 Å². The molecular formula is C10H12N2O3. The Morgan fingerprint density at radius 3 is 2.53 bits per heavy atom. The van der Waals surface area contributed by atoms with E-state index in [0.29, 0.717) is 5.56 Å². The first-order valence-electron chi connectivity index (χ1n) is 4.43. The normalized spacial score (nSPS) is 11.9. The van der Waals surface area contributed by atoms with Crippen molar-refractivity contribution in [2.45, 2.75) is 19.9 Å².